The Hall–Kier alpha value is -2.25. The molecule has 2 heterocycles. The Balaban J connectivity index is 2.29. The van der Waals surface area contributed by atoms with Crippen LogP contribution in [0.3, 0.4) is 0 Å². The Labute approximate surface area is 117 Å². The maximum atomic E-state index is 12.1. The number of hydrogen-bond acceptors (Lipinski definition) is 6. The second kappa shape index (κ2) is 4.39. The Bertz CT molecular complexity index is 697. The van der Waals surface area contributed by atoms with Crippen LogP contribution in [-0.4, -0.2) is 18.0 Å². The minimum absolute atomic E-state index is 0.0484. The van der Waals surface area contributed by atoms with Crippen molar-refractivity contribution in [2.24, 2.45) is 0 Å². The second-order valence-corrected chi connectivity index (χ2v) is 5.09. The van der Waals surface area contributed by atoms with Crippen molar-refractivity contribution in [3.05, 3.63) is 61.8 Å². The van der Waals surface area contributed by atoms with Crippen LogP contribution in [0.4, 0.5) is 5.69 Å². The highest BCUT2D eigenvalue weighted by Gasteiger charge is 2.51. The summed E-state index contributed by atoms with van der Waals surface area (Å²) in [6, 6.07) is 7.95. The van der Waals surface area contributed by atoms with Crippen LogP contribution in [0.25, 0.3) is 0 Å². The first kappa shape index (κ1) is 12.8. The Morgan fingerprint density at radius 1 is 1.35 bits per heavy atom. The molecule has 3 rings (SSSR count). The van der Waals surface area contributed by atoms with Gasteiger partial charge in [-0.2, -0.15) is 0 Å². The maximum absolute atomic E-state index is 12.1. The molecule has 0 saturated carbocycles. The van der Waals surface area contributed by atoms with Crippen molar-refractivity contribution in [3.63, 3.8) is 0 Å². The van der Waals surface area contributed by atoms with Gasteiger partial charge in [-0.1, -0.05) is 18.2 Å². The lowest BCUT2D eigenvalue weighted by Crippen LogP contribution is -2.28. The average Bonchev–Trinajstić information content (AvgIpc) is 3.06. The molecule has 1 atom stereocenters. The van der Waals surface area contributed by atoms with Gasteiger partial charge in [0.2, 0.25) is 0 Å². The average molecular weight is 291 g/mol. The highest BCUT2D eigenvalue weighted by molar-refractivity contribution is 7.10. The van der Waals surface area contributed by atoms with Gasteiger partial charge >= 0.3 is 5.97 Å². The van der Waals surface area contributed by atoms with E-state index in [2.05, 4.69) is 0 Å². The van der Waals surface area contributed by atoms with Gasteiger partial charge in [0.15, 0.2) is 0 Å². The molecule has 0 saturated heterocycles. The molecule has 2 aromatic rings. The van der Waals surface area contributed by atoms with Crippen LogP contribution in [0.1, 0.15) is 20.8 Å². The Morgan fingerprint density at radius 2 is 2.15 bits per heavy atom. The molecule has 0 amide bonds. The van der Waals surface area contributed by atoms with Crippen LogP contribution >= 0.6 is 11.3 Å². The molecule has 0 fully saturated rings. The highest BCUT2D eigenvalue weighted by atomic mass is 32.1. The van der Waals surface area contributed by atoms with Gasteiger partial charge in [0, 0.05) is 13.2 Å². The summed E-state index contributed by atoms with van der Waals surface area (Å²) in [6.07, 6.45) is 0. The zero-order chi connectivity index (χ0) is 14.3. The zero-order valence-corrected chi connectivity index (χ0v) is 11.2. The van der Waals surface area contributed by atoms with Gasteiger partial charge in [0.05, 0.1) is 15.4 Å². The van der Waals surface area contributed by atoms with E-state index >= 15 is 0 Å². The van der Waals surface area contributed by atoms with Crippen molar-refractivity contribution in [2.75, 3.05) is 7.11 Å². The number of fused-ring (bicyclic) bond motifs is 1. The van der Waals surface area contributed by atoms with Gasteiger partial charge in [-0.15, -0.1) is 11.3 Å². The van der Waals surface area contributed by atoms with E-state index in [1.807, 2.05) is 5.38 Å². The highest BCUT2D eigenvalue weighted by Crippen LogP contribution is 2.46. The fraction of sp³-hybridized carbons (Fsp3) is 0.154. The molecule has 1 unspecified atom stereocenters. The van der Waals surface area contributed by atoms with E-state index in [-0.39, 0.29) is 11.3 Å². The van der Waals surface area contributed by atoms with E-state index in [0.717, 1.165) is 0 Å². The number of hydrogen-bond donors (Lipinski definition) is 0. The van der Waals surface area contributed by atoms with Crippen molar-refractivity contribution in [1.82, 2.24) is 0 Å². The maximum Gasteiger partial charge on any atom is 0.348 e. The lowest BCUT2D eigenvalue weighted by atomic mass is 9.99. The number of nitrogens with zero attached hydrogens (tertiary/aromatic N) is 1. The molecule has 0 spiro atoms. The van der Waals surface area contributed by atoms with Crippen LogP contribution in [-0.2, 0) is 15.3 Å². The van der Waals surface area contributed by atoms with Crippen molar-refractivity contribution in [3.8, 4) is 0 Å². The summed E-state index contributed by atoms with van der Waals surface area (Å²) in [6.45, 7) is 0. The van der Waals surface area contributed by atoms with Crippen molar-refractivity contribution >= 4 is 23.0 Å². The zero-order valence-electron chi connectivity index (χ0n) is 10.4. The molecule has 1 aliphatic heterocycles. The van der Waals surface area contributed by atoms with Crippen LogP contribution in [0.15, 0.2) is 35.7 Å². The summed E-state index contributed by atoms with van der Waals surface area (Å²) in [7, 11) is 1.40. The first-order valence-electron chi connectivity index (χ1n) is 5.70. The van der Waals surface area contributed by atoms with Gasteiger partial charge in [-0.25, -0.2) is 4.79 Å². The Morgan fingerprint density at radius 3 is 2.75 bits per heavy atom. The fourth-order valence-electron chi connectivity index (χ4n) is 2.32. The third-order valence-electron chi connectivity index (χ3n) is 3.17. The van der Waals surface area contributed by atoms with E-state index in [9.17, 15) is 14.9 Å². The van der Waals surface area contributed by atoms with Crippen LogP contribution in [0.2, 0.25) is 0 Å². The minimum atomic E-state index is -1.40. The number of cyclic esters (lactones) is 1. The van der Waals surface area contributed by atoms with E-state index in [4.69, 9.17) is 9.47 Å². The number of esters is 1. The quantitative estimate of drug-likeness (QED) is 0.493. The molecule has 102 valence electrons. The molecule has 0 N–H and O–H groups in total. The monoisotopic (exact) mass is 291 g/mol. The van der Waals surface area contributed by atoms with Gasteiger partial charge in [0.1, 0.15) is 5.56 Å². The summed E-state index contributed by atoms with van der Waals surface area (Å²) in [5, 5.41) is 12.9. The van der Waals surface area contributed by atoms with Crippen molar-refractivity contribution in [1.29, 1.82) is 0 Å². The molecule has 0 radical (unpaired) electrons. The summed E-state index contributed by atoms with van der Waals surface area (Å²) < 4.78 is 10.8. The SMILES string of the molecule is COC1(c2cccs2)OC(=O)c2c([N+](=O)[O-])cccc21. The fourth-order valence-corrected chi connectivity index (χ4v) is 3.17. The summed E-state index contributed by atoms with van der Waals surface area (Å²) >= 11 is 1.35. The predicted molar refractivity (Wildman–Crippen MR) is 70.6 cm³/mol. The number of ether oxygens (including phenoxy) is 2. The summed E-state index contributed by atoms with van der Waals surface area (Å²) in [4.78, 5) is 23.2. The molecular formula is C13H9NO5S. The van der Waals surface area contributed by atoms with E-state index < -0.39 is 16.7 Å². The molecule has 7 heteroatoms. The van der Waals surface area contributed by atoms with Crippen LogP contribution in [0, 0.1) is 10.1 Å². The number of thiophene rings is 1. The number of carbonyl (C=O) groups is 1. The molecule has 6 nitrogen and oxygen atoms in total. The van der Waals surface area contributed by atoms with Crippen molar-refractivity contribution < 1.29 is 19.2 Å². The number of nitro groups is 1. The van der Waals surface area contributed by atoms with Gasteiger partial charge < -0.3 is 9.47 Å². The molecule has 20 heavy (non-hydrogen) atoms. The number of carbonyl (C=O) groups excluding carboxylic acids is 1. The molecular weight excluding hydrogens is 282 g/mol. The summed E-state index contributed by atoms with van der Waals surface area (Å²) in [5.74, 6) is -2.14. The third kappa shape index (κ3) is 1.57. The number of rotatable bonds is 3. The topological polar surface area (TPSA) is 78.7 Å². The standard InChI is InChI=1S/C13H9NO5S/c1-18-13(10-6-3-7-20-10)8-4-2-5-9(14(16)17)11(8)12(15)19-13/h2-7H,1H3. The second-order valence-electron chi connectivity index (χ2n) is 4.14. The van der Waals surface area contributed by atoms with E-state index in [0.29, 0.717) is 10.4 Å². The third-order valence-corrected chi connectivity index (χ3v) is 4.12. The van der Waals surface area contributed by atoms with Crippen molar-refractivity contribution in [2.45, 2.75) is 5.79 Å². The van der Waals surface area contributed by atoms with E-state index in [1.165, 1.54) is 30.6 Å². The first-order chi connectivity index (χ1) is 9.60. The van der Waals surface area contributed by atoms with Crippen LogP contribution in [0.5, 0.6) is 0 Å². The molecule has 1 aromatic carbocycles. The summed E-state index contributed by atoms with van der Waals surface area (Å²) in [5.41, 5.74) is 0.0392. The molecule has 0 aliphatic carbocycles. The lowest BCUT2D eigenvalue weighted by Gasteiger charge is -2.25. The lowest BCUT2D eigenvalue weighted by molar-refractivity contribution is -0.385. The van der Waals surface area contributed by atoms with Gasteiger partial charge in [-0.05, 0) is 11.4 Å². The predicted octanol–water partition coefficient (Wildman–Crippen LogP) is 2.67. The van der Waals surface area contributed by atoms with Gasteiger partial charge in [0.25, 0.3) is 11.5 Å². The first-order valence-corrected chi connectivity index (χ1v) is 6.58. The minimum Gasteiger partial charge on any atom is -0.419 e. The largest absolute Gasteiger partial charge is 0.419 e. The van der Waals surface area contributed by atoms with E-state index in [1.54, 1.807) is 18.2 Å². The van der Waals surface area contributed by atoms with Crippen LogP contribution < -0.4 is 0 Å². The smallest absolute Gasteiger partial charge is 0.348 e. The number of benzene rings is 1. The molecule has 1 aliphatic rings. The Kier molecular flexibility index (Phi) is 2.81. The van der Waals surface area contributed by atoms with Gasteiger partial charge in [-0.3, -0.25) is 10.1 Å². The molecule has 0 bridgehead atoms. The molecule has 1 aromatic heterocycles. The number of methoxy groups -OCH3 is 1. The number of nitro benzene ring substituents is 1. The normalized spacial score (nSPS) is 20.6.